The highest BCUT2D eigenvalue weighted by Gasteiger charge is 2.19. The van der Waals surface area contributed by atoms with Crippen LogP contribution in [0, 0.1) is 0 Å². The minimum absolute atomic E-state index is 0.160. The molecular weight excluding hydrogens is 264 g/mol. The number of carbonyl (C=O) groups is 1. The first-order chi connectivity index (χ1) is 9.76. The maximum Gasteiger partial charge on any atom is 0.238 e. The van der Waals surface area contributed by atoms with Crippen molar-refractivity contribution in [1.82, 2.24) is 5.32 Å². The first kappa shape index (κ1) is 17.5. The third kappa shape index (κ3) is 5.38. The number of nitrogens with one attached hydrogen (secondary N) is 1. The Morgan fingerprint density at radius 3 is 2.29 bits per heavy atom. The van der Waals surface area contributed by atoms with Gasteiger partial charge < -0.3 is 15.8 Å². The molecule has 1 unspecified atom stereocenters. The normalized spacial score (nSPS) is 13.2. The molecule has 118 valence electrons. The summed E-state index contributed by atoms with van der Waals surface area (Å²) < 4.78 is 5.67. The Morgan fingerprint density at radius 2 is 1.86 bits per heavy atom. The standard InChI is InChI=1S/C17H28N2O2/c1-6-17(4,5)13-7-9-14(10-8-13)21-11-15(16(18)20)19-12(2)3/h7-10,12,15,19H,6,11H2,1-5H3,(H2,18,20). The number of carbonyl (C=O) groups excluding carboxylic acids is 1. The molecule has 1 aromatic carbocycles. The fourth-order valence-corrected chi connectivity index (χ4v) is 2.00. The Hall–Kier alpha value is -1.55. The summed E-state index contributed by atoms with van der Waals surface area (Å²) in [6.45, 7) is 10.8. The smallest absolute Gasteiger partial charge is 0.238 e. The molecule has 0 spiro atoms. The lowest BCUT2D eigenvalue weighted by atomic mass is 9.82. The van der Waals surface area contributed by atoms with Gasteiger partial charge >= 0.3 is 0 Å². The van der Waals surface area contributed by atoms with Gasteiger partial charge in [-0.05, 0) is 29.5 Å². The van der Waals surface area contributed by atoms with Crippen LogP contribution < -0.4 is 15.8 Å². The molecule has 0 radical (unpaired) electrons. The van der Waals surface area contributed by atoms with Gasteiger partial charge in [0, 0.05) is 6.04 Å². The first-order valence-corrected chi connectivity index (χ1v) is 7.55. The highest BCUT2D eigenvalue weighted by atomic mass is 16.5. The predicted octanol–water partition coefficient (Wildman–Crippen LogP) is 2.60. The summed E-state index contributed by atoms with van der Waals surface area (Å²) in [6.07, 6.45) is 1.08. The molecule has 1 amide bonds. The fraction of sp³-hybridized carbons (Fsp3) is 0.588. The lowest BCUT2D eigenvalue weighted by Gasteiger charge is -2.23. The van der Waals surface area contributed by atoms with Crippen LogP contribution in [-0.2, 0) is 10.2 Å². The lowest BCUT2D eigenvalue weighted by Crippen LogP contribution is -2.48. The van der Waals surface area contributed by atoms with Gasteiger partial charge in [0.1, 0.15) is 18.4 Å². The average Bonchev–Trinajstić information content (AvgIpc) is 2.43. The van der Waals surface area contributed by atoms with Crippen molar-refractivity contribution < 1.29 is 9.53 Å². The van der Waals surface area contributed by atoms with E-state index in [1.807, 2.05) is 26.0 Å². The van der Waals surface area contributed by atoms with Crippen molar-refractivity contribution in [3.8, 4) is 5.75 Å². The van der Waals surface area contributed by atoms with Crippen LogP contribution in [0.15, 0.2) is 24.3 Å². The van der Waals surface area contributed by atoms with Crippen LogP contribution in [0.3, 0.4) is 0 Å². The van der Waals surface area contributed by atoms with Gasteiger partial charge in [0.05, 0.1) is 0 Å². The van der Waals surface area contributed by atoms with E-state index in [4.69, 9.17) is 10.5 Å². The van der Waals surface area contributed by atoms with Crippen LogP contribution in [0.4, 0.5) is 0 Å². The lowest BCUT2D eigenvalue weighted by molar-refractivity contribution is -0.120. The fourth-order valence-electron chi connectivity index (χ4n) is 2.00. The molecule has 0 fully saturated rings. The number of primary amides is 1. The molecule has 1 atom stereocenters. The van der Waals surface area contributed by atoms with Gasteiger partial charge in [0.25, 0.3) is 0 Å². The topological polar surface area (TPSA) is 64.3 Å². The summed E-state index contributed by atoms with van der Waals surface area (Å²) in [6, 6.07) is 7.75. The molecule has 0 bridgehead atoms. The summed E-state index contributed by atoms with van der Waals surface area (Å²) in [4.78, 5) is 11.4. The molecular formula is C17H28N2O2. The van der Waals surface area contributed by atoms with E-state index < -0.39 is 11.9 Å². The molecule has 0 saturated heterocycles. The number of amides is 1. The summed E-state index contributed by atoms with van der Waals surface area (Å²) in [5, 5.41) is 3.09. The second-order valence-corrected chi connectivity index (χ2v) is 6.35. The number of hydrogen-bond acceptors (Lipinski definition) is 3. The van der Waals surface area contributed by atoms with Gasteiger partial charge in [-0.3, -0.25) is 4.79 Å². The van der Waals surface area contributed by atoms with E-state index in [0.29, 0.717) is 0 Å². The summed E-state index contributed by atoms with van der Waals surface area (Å²) in [5.41, 5.74) is 6.81. The highest BCUT2D eigenvalue weighted by Crippen LogP contribution is 2.28. The zero-order valence-corrected chi connectivity index (χ0v) is 13.8. The molecule has 0 saturated carbocycles. The zero-order chi connectivity index (χ0) is 16.0. The largest absolute Gasteiger partial charge is 0.491 e. The van der Waals surface area contributed by atoms with Crippen molar-refractivity contribution in [3.63, 3.8) is 0 Å². The van der Waals surface area contributed by atoms with Gasteiger partial charge in [0.15, 0.2) is 0 Å². The van der Waals surface area contributed by atoms with Crippen molar-refractivity contribution in [3.05, 3.63) is 29.8 Å². The van der Waals surface area contributed by atoms with E-state index in [9.17, 15) is 4.79 Å². The van der Waals surface area contributed by atoms with Crippen LogP contribution in [0.1, 0.15) is 46.6 Å². The first-order valence-electron chi connectivity index (χ1n) is 7.55. The van der Waals surface area contributed by atoms with E-state index in [2.05, 4.69) is 38.2 Å². The SMILES string of the molecule is CCC(C)(C)c1ccc(OCC(NC(C)C)C(N)=O)cc1. The van der Waals surface area contributed by atoms with Crippen molar-refractivity contribution >= 4 is 5.91 Å². The van der Waals surface area contributed by atoms with Crippen molar-refractivity contribution in [2.24, 2.45) is 5.73 Å². The van der Waals surface area contributed by atoms with E-state index in [0.717, 1.165) is 12.2 Å². The molecule has 0 aromatic heterocycles. The Kier molecular flexibility index (Phi) is 6.21. The van der Waals surface area contributed by atoms with E-state index in [-0.39, 0.29) is 18.1 Å². The summed E-state index contributed by atoms with van der Waals surface area (Å²) in [7, 11) is 0. The molecule has 4 heteroatoms. The molecule has 0 heterocycles. The Balaban J connectivity index is 2.65. The molecule has 0 aliphatic heterocycles. The molecule has 1 aromatic rings. The van der Waals surface area contributed by atoms with Crippen molar-refractivity contribution in [2.75, 3.05) is 6.61 Å². The van der Waals surface area contributed by atoms with Crippen LogP contribution in [0.25, 0.3) is 0 Å². The van der Waals surface area contributed by atoms with Gasteiger partial charge in [-0.25, -0.2) is 0 Å². The number of ether oxygens (including phenoxy) is 1. The zero-order valence-electron chi connectivity index (χ0n) is 13.8. The number of nitrogens with two attached hydrogens (primary N) is 1. The minimum Gasteiger partial charge on any atom is -0.491 e. The molecule has 4 nitrogen and oxygen atoms in total. The number of hydrogen-bond donors (Lipinski definition) is 2. The van der Waals surface area contributed by atoms with E-state index >= 15 is 0 Å². The van der Waals surface area contributed by atoms with E-state index in [1.165, 1.54) is 5.56 Å². The maximum absolute atomic E-state index is 11.4. The van der Waals surface area contributed by atoms with Crippen LogP contribution in [0.2, 0.25) is 0 Å². The van der Waals surface area contributed by atoms with E-state index in [1.54, 1.807) is 0 Å². The van der Waals surface area contributed by atoms with Gasteiger partial charge in [0.2, 0.25) is 5.91 Å². The molecule has 1 rings (SSSR count). The molecule has 21 heavy (non-hydrogen) atoms. The Morgan fingerprint density at radius 1 is 1.29 bits per heavy atom. The second kappa shape index (κ2) is 7.46. The average molecular weight is 292 g/mol. The minimum atomic E-state index is -0.475. The molecule has 3 N–H and O–H groups in total. The Labute approximate surface area is 128 Å². The third-order valence-electron chi connectivity index (χ3n) is 3.81. The van der Waals surface area contributed by atoms with Crippen LogP contribution in [-0.4, -0.2) is 24.6 Å². The van der Waals surface area contributed by atoms with Crippen LogP contribution >= 0.6 is 0 Å². The van der Waals surface area contributed by atoms with Crippen LogP contribution in [0.5, 0.6) is 5.75 Å². The predicted molar refractivity (Wildman–Crippen MR) is 86.5 cm³/mol. The number of benzene rings is 1. The monoisotopic (exact) mass is 292 g/mol. The van der Waals surface area contributed by atoms with Crippen molar-refractivity contribution in [2.45, 2.75) is 58.5 Å². The summed E-state index contributed by atoms with van der Waals surface area (Å²) in [5.74, 6) is 0.356. The molecule has 0 aliphatic rings. The second-order valence-electron chi connectivity index (χ2n) is 6.35. The van der Waals surface area contributed by atoms with Gasteiger partial charge in [-0.2, -0.15) is 0 Å². The quantitative estimate of drug-likeness (QED) is 0.774. The number of rotatable bonds is 8. The summed E-state index contributed by atoms with van der Waals surface area (Å²) >= 11 is 0. The highest BCUT2D eigenvalue weighted by molar-refractivity contribution is 5.80. The van der Waals surface area contributed by atoms with Crippen molar-refractivity contribution in [1.29, 1.82) is 0 Å². The molecule has 0 aliphatic carbocycles. The van der Waals surface area contributed by atoms with Gasteiger partial charge in [-0.1, -0.05) is 46.8 Å². The Bertz CT molecular complexity index is 452. The van der Waals surface area contributed by atoms with Gasteiger partial charge in [-0.15, -0.1) is 0 Å². The maximum atomic E-state index is 11.4. The third-order valence-corrected chi connectivity index (χ3v) is 3.81.